The summed E-state index contributed by atoms with van der Waals surface area (Å²) in [4.78, 5) is 2.40. The summed E-state index contributed by atoms with van der Waals surface area (Å²) >= 11 is 0. The van der Waals surface area contributed by atoms with Gasteiger partial charge in [0.15, 0.2) is 0 Å². The van der Waals surface area contributed by atoms with Gasteiger partial charge >= 0.3 is 0 Å². The van der Waals surface area contributed by atoms with E-state index in [4.69, 9.17) is 0 Å². The highest BCUT2D eigenvalue weighted by Gasteiger charge is 2.22. The molecule has 0 bridgehead atoms. The fraction of sp³-hybridized carbons (Fsp3) is 0. The molecule has 11 aromatic rings. The van der Waals surface area contributed by atoms with Gasteiger partial charge in [-0.25, -0.2) is 0 Å². The Balaban J connectivity index is 1.16. The van der Waals surface area contributed by atoms with E-state index in [2.05, 4.69) is 252 Å². The van der Waals surface area contributed by atoms with Crippen LogP contribution in [0.3, 0.4) is 0 Å². The zero-order valence-electron chi connectivity index (χ0n) is 33.0. The molecule has 0 aliphatic carbocycles. The lowest BCUT2D eigenvalue weighted by Crippen LogP contribution is -2.10. The second-order valence-corrected chi connectivity index (χ2v) is 15.3. The molecule has 2 heteroatoms. The van der Waals surface area contributed by atoms with Gasteiger partial charge in [0.05, 0.1) is 16.7 Å². The minimum absolute atomic E-state index is 1.08. The van der Waals surface area contributed by atoms with Crippen molar-refractivity contribution in [2.45, 2.75) is 0 Å². The number of benzene rings is 10. The first-order valence-corrected chi connectivity index (χ1v) is 20.6. The Bertz CT molecular complexity index is 3290. The van der Waals surface area contributed by atoms with E-state index in [0.29, 0.717) is 0 Å². The predicted molar refractivity (Wildman–Crippen MR) is 255 cm³/mol. The molecule has 0 aliphatic rings. The van der Waals surface area contributed by atoms with Crippen molar-refractivity contribution in [1.82, 2.24) is 4.57 Å². The van der Waals surface area contributed by atoms with E-state index < -0.39 is 0 Å². The number of anilines is 3. The van der Waals surface area contributed by atoms with E-state index in [1.807, 2.05) is 0 Å². The Morgan fingerprint density at radius 1 is 0.283 bits per heavy atom. The van der Waals surface area contributed by atoms with Gasteiger partial charge in [-0.2, -0.15) is 0 Å². The molecule has 0 spiro atoms. The predicted octanol–water partition coefficient (Wildman–Crippen LogP) is 16.1. The zero-order valence-corrected chi connectivity index (χ0v) is 33.0. The van der Waals surface area contributed by atoms with Gasteiger partial charge in [0.25, 0.3) is 0 Å². The first-order chi connectivity index (χ1) is 29.8. The molecule has 0 atom stereocenters. The van der Waals surface area contributed by atoms with Gasteiger partial charge < -0.3 is 9.47 Å². The van der Waals surface area contributed by atoms with Crippen LogP contribution in [0.1, 0.15) is 0 Å². The van der Waals surface area contributed by atoms with Crippen molar-refractivity contribution in [1.29, 1.82) is 0 Å². The molecule has 0 unspecified atom stereocenters. The molecule has 0 saturated heterocycles. The summed E-state index contributed by atoms with van der Waals surface area (Å²) in [5, 5.41) is 4.91. The van der Waals surface area contributed by atoms with Crippen LogP contribution in [-0.2, 0) is 0 Å². The number of hydrogen-bond donors (Lipinski definition) is 0. The highest BCUT2D eigenvalue weighted by molar-refractivity contribution is 6.11. The van der Waals surface area contributed by atoms with Gasteiger partial charge in [-0.15, -0.1) is 0 Å². The summed E-state index contributed by atoms with van der Waals surface area (Å²) < 4.78 is 2.48. The molecule has 10 aromatic carbocycles. The summed E-state index contributed by atoms with van der Waals surface area (Å²) in [7, 11) is 0. The van der Waals surface area contributed by atoms with Crippen LogP contribution in [0.4, 0.5) is 17.1 Å². The average molecular weight is 765 g/mol. The normalized spacial score (nSPS) is 11.3. The molecule has 0 saturated carbocycles. The SMILES string of the molecule is c1ccc(-c2cc(N(c3ccccc3)c3ccc4c5ccccc5n(-c5cccc(-c6ccccc6)c5-c5ccccc5)c4c3)ccc2-c2cccc3ccccc23)cc1. The Hall–Kier alpha value is -7.94. The standard InChI is InChI=1S/C58H40N2/c1-5-19-42(20-6-1)49-31-18-34-56(58(49)44-24-9-3-10-25-44)60-55-33-16-15-30-52(55)53-38-36-47(40-57(53)60)59(45-27-11-4-12-28-45)46-35-37-51(54(39-46)43-21-7-2-8-22-43)50-32-17-26-41-23-13-14-29-48(41)50/h1-40H. The third kappa shape index (κ3) is 6.14. The van der Waals surface area contributed by atoms with Gasteiger partial charge in [-0.05, 0) is 98.2 Å². The van der Waals surface area contributed by atoms with Crippen molar-refractivity contribution in [3.63, 3.8) is 0 Å². The van der Waals surface area contributed by atoms with Crippen LogP contribution < -0.4 is 4.90 Å². The van der Waals surface area contributed by atoms with Crippen LogP contribution in [0.5, 0.6) is 0 Å². The van der Waals surface area contributed by atoms with Crippen molar-refractivity contribution in [2.24, 2.45) is 0 Å². The highest BCUT2D eigenvalue weighted by Crippen LogP contribution is 2.45. The fourth-order valence-electron chi connectivity index (χ4n) is 9.10. The van der Waals surface area contributed by atoms with E-state index in [1.165, 1.54) is 71.6 Å². The number of aromatic nitrogens is 1. The van der Waals surface area contributed by atoms with Crippen LogP contribution in [0.25, 0.3) is 82.8 Å². The van der Waals surface area contributed by atoms with Crippen molar-refractivity contribution >= 4 is 49.6 Å². The molecule has 0 N–H and O–H groups in total. The molecule has 0 aliphatic heterocycles. The lowest BCUT2D eigenvalue weighted by atomic mass is 9.91. The third-order valence-electron chi connectivity index (χ3n) is 11.8. The zero-order chi connectivity index (χ0) is 39.8. The Kier molecular flexibility index (Phi) is 8.87. The second kappa shape index (κ2) is 15.1. The second-order valence-electron chi connectivity index (χ2n) is 15.3. The van der Waals surface area contributed by atoms with Gasteiger partial charge in [-0.1, -0.05) is 194 Å². The Labute approximate surface area is 350 Å². The number of rotatable bonds is 8. The van der Waals surface area contributed by atoms with Crippen molar-refractivity contribution in [3.8, 4) is 50.2 Å². The van der Waals surface area contributed by atoms with Crippen LogP contribution in [0, 0.1) is 0 Å². The van der Waals surface area contributed by atoms with E-state index in [9.17, 15) is 0 Å². The van der Waals surface area contributed by atoms with Crippen LogP contribution in [-0.4, -0.2) is 4.57 Å². The first-order valence-electron chi connectivity index (χ1n) is 20.6. The summed E-state index contributed by atoms with van der Waals surface area (Å²) in [6, 6.07) is 87.9. The summed E-state index contributed by atoms with van der Waals surface area (Å²) in [5.41, 5.74) is 16.3. The van der Waals surface area contributed by atoms with Crippen molar-refractivity contribution < 1.29 is 0 Å². The fourth-order valence-corrected chi connectivity index (χ4v) is 9.10. The topological polar surface area (TPSA) is 8.17 Å². The Morgan fingerprint density at radius 3 is 1.57 bits per heavy atom. The minimum Gasteiger partial charge on any atom is -0.310 e. The average Bonchev–Trinajstić information content (AvgIpc) is 3.66. The smallest absolute Gasteiger partial charge is 0.0562 e. The molecule has 60 heavy (non-hydrogen) atoms. The number of para-hydroxylation sites is 2. The molecule has 1 aromatic heterocycles. The van der Waals surface area contributed by atoms with Gasteiger partial charge in [-0.3, -0.25) is 0 Å². The first kappa shape index (κ1) is 35.2. The monoisotopic (exact) mass is 764 g/mol. The van der Waals surface area contributed by atoms with Gasteiger partial charge in [0.1, 0.15) is 0 Å². The molecule has 11 rings (SSSR count). The molecule has 0 radical (unpaired) electrons. The molecule has 0 fully saturated rings. The summed E-state index contributed by atoms with van der Waals surface area (Å²) in [6.45, 7) is 0. The largest absolute Gasteiger partial charge is 0.310 e. The molecular weight excluding hydrogens is 725 g/mol. The number of hydrogen-bond acceptors (Lipinski definition) is 1. The minimum atomic E-state index is 1.08. The van der Waals surface area contributed by atoms with E-state index in [1.54, 1.807) is 0 Å². The third-order valence-corrected chi connectivity index (χ3v) is 11.8. The van der Waals surface area contributed by atoms with E-state index in [0.717, 1.165) is 28.3 Å². The molecule has 0 amide bonds. The molecule has 2 nitrogen and oxygen atoms in total. The lowest BCUT2D eigenvalue weighted by molar-refractivity contribution is 1.18. The maximum absolute atomic E-state index is 2.48. The molecule has 1 heterocycles. The maximum Gasteiger partial charge on any atom is 0.0562 e. The molecule has 282 valence electrons. The van der Waals surface area contributed by atoms with E-state index in [-0.39, 0.29) is 0 Å². The number of fused-ring (bicyclic) bond motifs is 4. The highest BCUT2D eigenvalue weighted by atomic mass is 15.1. The van der Waals surface area contributed by atoms with Crippen LogP contribution >= 0.6 is 0 Å². The van der Waals surface area contributed by atoms with Crippen LogP contribution in [0.2, 0.25) is 0 Å². The quantitative estimate of drug-likeness (QED) is 0.150. The van der Waals surface area contributed by atoms with Crippen molar-refractivity contribution in [2.75, 3.05) is 4.90 Å². The summed E-state index contributed by atoms with van der Waals surface area (Å²) in [5.74, 6) is 0. The lowest BCUT2D eigenvalue weighted by Gasteiger charge is -2.27. The van der Waals surface area contributed by atoms with Crippen molar-refractivity contribution in [3.05, 3.63) is 243 Å². The van der Waals surface area contributed by atoms with Crippen LogP contribution in [0.15, 0.2) is 243 Å². The maximum atomic E-state index is 2.48. The van der Waals surface area contributed by atoms with Gasteiger partial charge in [0, 0.05) is 33.4 Å². The van der Waals surface area contributed by atoms with E-state index >= 15 is 0 Å². The Morgan fingerprint density at radius 2 is 0.817 bits per heavy atom. The molecular formula is C58H40N2. The van der Waals surface area contributed by atoms with Gasteiger partial charge in [0.2, 0.25) is 0 Å². The number of nitrogens with zero attached hydrogens (tertiary/aromatic N) is 2. The summed E-state index contributed by atoms with van der Waals surface area (Å²) in [6.07, 6.45) is 0.